The summed E-state index contributed by atoms with van der Waals surface area (Å²) in [5.41, 5.74) is 2.40. The Morgan fingerprint density at radius 1 is 1.50 bits per heavy atom. The van der Waals surface area contributed by atoms with Crippen LogP contribution in [0, 0.1) is 0 Å². The Balaban J connectivity index is 2.37. The van der Waals surface area contributed by atoms with Gasteiger partial charge in [-0.25, -0.2) is 0 Å². The quantitative estimate of drug-likeness (QED) is 0.574. The maximum Gasteiger partial charge on any atom is 0.116 e. The highest BCUT2D eigenvalue weighted by Crippen LogP contribution is 2.27. The smallest absolute Gasteiger partial charge is 0.116 e. The third-order valence-corrected chi connectivity index (χ3v) is 2.34. The molecule has 0 aromatic heterocycles. The van der Waals surface area contributed by atoms with E-state index in [1.165, 1.54) is 11.3 Å². The highest BCUT2D eigenvalue weighted by atomic mass is 16.3. The van der Waals surface area contributed by atoms with Crippen molar-refractivity contribution in [1.29, 1.82) is 0 Å². The average Bonchev–Trinajstić information content (AvgIpc) is 2.05. The Morgan fingerprint density at radius 2 is 2.33 bits per heavy atom. The minimum Gasteiger partial charge on any atom is -0.508 e. The van der Waals surface area contributed by atoms with Crippen molar-refractivity contribution in [3.63, 3.8) is 0 Å². The summed E-state index contributed by atoms with van der Waals surface area (Å²) in [6.07, 6.45) is 2.22. The third-order valence-electron chi connectivity index (χ3n) is 2.34. The Kier molecular flexibility index (Phi) is 1.68. The number of aromatic hydroxyl groups is 1. The lowest BCUT2D eigenvalue weighted by Gasteiger charge is -2.23. The molecule has 0 bridgehead atoms. The van der Waals surface area contributed by atoms with E-state index in [4.69, 9.17) is 0 Å². The minimum atomic E-state index is 0.366. The molecule has 12 heavy (non-hydrogen) atoms. The van der Waals surface area contributed by atoms with Crippen LogP contribution < -0.4 is 5.32 Å². The van der Waals surface area contributed by atoms with Gasteiger partial charge in [0.05, 0.1) is 0 Å². The van der Waals surface area contributed by atoms with Crippen molar-refractivity contribution in [2.75, 3.05) is 5.32 Å². The fraction of sp³-hybridized carbons (Fsp3) is 0.400. The Hall–Kier alpha value is -1.18. The molecule has 0 fully saturated rings. The number of anilines is 1. The normalized spacial score (nSPS) is 21.2. The van der Waals surface area contributed by atoms with Crippen LogP contribution in [0.4, 0.5) is 5.69 Å². The predicted octanol–water partition coefficient (Wildman–Crippen LogP) is 2.14. The lowest BCUT2D eigenvalue weighted by atomic mass is 9.99. The summed E-state index contributed by atoms with van der Waals surface area (Å²) in [5, 5.41) is 12.6. The van der Waals surface area contributed by atoms with Gasteiger partial charge in [0.2, 0.25) is 0 Å². The number of hydrogen-bond acceptors (Lipinski definition) is 2. The van der Waals surface area contributed by atoms with Crippen LogP contribution in [-0.2, 0) is 6.42 Å². The fourth-order valence-corrected chi connectivity index (χ4v) is 1.64. The number of aryl methyl sites for hydroxylation is 1. The summed E-state index contributed by atoms with van der Waals surface area (Å²) in [7, 11) is 0. The zero-order valence-electron chi connectivity index (χ0n) is 7.17. The first-order valence-electron chi connectivity index (χ1n) is 4.34. The summed E-state index contributed by atoms with van der Waals surface area (Å²) in [6, 6.07) is 6.07. The van der Waals surface area contributed by atoms with E-state index in [0.717, 1.165) is 12.8 Å². The van der Waals surface area contributed by atoms with Crippen LogP contribution in [0.15, 0.2) is 18.2 Å². The van der Waals surface area contributed by atoms with E-state index in [0.29, 0.717) is 11.8 Å². The van der Waals surface area contributed by atoms with Crippen LogP contribution >= 0.6 is 0 Å². The van der Waals surface area contributed by atoms with Gasteiger partial charge >= 0.3 is 0 Å². The Bertz CT molecular complexity index is 296. The molecule has 1 unspecified atom stereocenters. The van der Waals surface area contributed by atoms with Gasteiger partial charge in [-0.05, 0) is 43.5 Å². The topological polar surface area (TPSA) is 32.3 Å². The molecule has 0 saturated heterocycles. The first-order valence-corrected chi connectivity index (χ1v) is 4.34. The van der Waals surface area contributed by atoms with Crippen molar-refractivity contribution >= 4 is 5.69 Å². The monoisotopic (exact) mass is 163 g/mol. The molecule has 0 saturated carbocycles. The zero-order valence-corrected chi connectivity index (χ0v) is 7.17. The third kappa shape index (κ3) is 1.24. The second kappa shape index (κ2) is 2.70. The van der Waals surface area contributed by atoms with Crippen molar-refractivity contribution in [2.45, 2.75) is 25.8 Å². The van der Waals surface area contributed by atoms with Gasteiger partial charge in [0.1, 0.15) is 5.75 Å². The molecule has 1 aromatic carbocycles. The lowest BCUT2D eigenvalue weighted by Crippen LogP contribution is -2.21. The number of fused-ring (bicyclic) bond motifs is 1. The van der Waals surface area contributed by atoms with Gasteiger partial charge in [-0.3, -0.25) is 0 Å². The van der Waals surface area contributed by atoms with Crippen LogP contribution in [0.25, 0.3) is 0 Å². The van der Waals surface area contributed by atoms with Crippen LogP contribution in [0.5, 0.6) is 5.75 Å². The van der Waals surface area contributed by atoms with Crippen molar-refractivity contribution in [3.05, 3.63) is 23.8 Å². The number of nitrogens with one attached hydrogen (secondary N) is 1. The molecule has 2 heteroatoms. The van der Waals surface area contributed by atoms with Crippen LogP contribution in [0.3, 0.4) is 0 Å². The predicted molar refractivity (Wildman–Crippen MR) is 49.5 cm³/mol. The van der Waals surface area contributed by atoms with Crippen LogP contribution in [0.1, 0.15) is 18.9 Å². The SMILES string of the molecule is CC1CCc2cc(O)ccc2N1. The summed E-state index contributed by atoms with van der Waals surface area (Å²) in [4.78, 5) is 0. The van der Waals surface area contributed by atoms with Crippen molar-refractivity contribution in [1.82, 2.24) is 0 Å². The number of rotatable bonds is 0. The molecule has 2 nitrogen and oxygen atoms in total. The fourth-order valence-electron chi connectivity index (χ4n) is 1.64. The van der Waals surface area contributed by atoms with Gasteiger partial charge < -0.3 is 10.4 Å². The molecule has 0 spiro atoms. The van der Waals surface area contributed by atoms with Gasteiger partial charge in [-0.15, -0.1) is 0 Å². The highest BCUT2D eigenvalue weighted by Gasteiger charge is 2.13. The van der Waals surface area contributed by atoms with E-state index >= 15 is 0 Å². The molecule has 1 aromatic rings. The van der Waals surface area contributed by atoms with Crippen LogP contribution in [-0.4, -0.2) is 11.1 Å². The van der Waals surface area contributed by atoms with Crippen molar-refractivity contribution < 1.29 is 5.11 Å². The molecule has 1 aliphatic rings. The number of benzene rings is 1. The van der Waals surface area contributed by atoms with Gasteiger partial charge in [-0.1, -0.05) is 0 Å². The minimum absolute atomic E-state index is 0.366. The molecular formula is C10H13NO. The second-order valence-corrected chi connectivity index (χ2v) is 3.43. The molecule has 1 heterocycles. The average molecular weight is 163 g/mol. The Labute approximate surface area is 72.2 Å². The molecule has 1 aliphatic heterocycles. The summed E-state index contributed by atoms with van der Waals surface area (Å²) < 4.78 is 0. The Morgan fingerprint density at radius 3 is 3.17 bits per heavy atom. The van der Waals surface area contributed by atoms with E-state index in [-0.39, 0.29) is 0 Å². The van der Waals surface area contributed by atoms with E-state index in [9.17, 15) is 5.11 Å². The number of hydrogen-bond donors (Lipinski definition) is 2. The largest absolute Gasteiger partial charge is 0.508 e. The lowest BCUT2D eigenvalue weighted by molar-refractivity contribution is 0.474. The van der Waals surface area contributed by atoms with E-state index in [1.807, 2.05) is 12.1 Å². The summed E-state index contributed by atoms with van der Waals surface area (Å²) >= 11 is 0. The molecule has 2 N–H and O–H groups in total. The van der Waals surface area contributed by atoms with Gasteiger partial charge in [-0.2, -0.15) is 0 Å². The number of phenols is 1. The molecule has 0 radical (unpaired) electrons. The maximum absolute atomic E-state index is 9.23. The highest BCUT2D eigenvalue weighted by molar-refractivity contribution is 5.56. The van der Waals surface area contributed by atoms with E-state index < -0.39 is 0 Å². The summed E-state index contributed by atoms with van der Waals surface area (Å²) in [5.74, 6) is 0.366. The van der Waals surface area contributed by atoms with Gasteiger partial charge in [0.15, 0.2) is 0 Å². The van der Waals surface area contributed by atoms with Gasteiger partial charge in [0, 0.05) is 11.7 Å². The van der Waals surface area contributed by atoms with E-state index in [2.05, 4.69) is 12.2 Å². The maximum atomic E-state index is 9.23. The van der Waals surface area contributed by atoms with Crippen LogP contribution in [0.2, 0.25) is 0 Å². The van der Waals surface area contributed by atoms with E-state index in [1.54, 1.807) is 6.07 Å². The van der Waals surface area contributed by atoms with Gasteiger partial charge in [0.25, 0.3) is 0 Å². The molecule has 0 aliphatic carbocycles. The summed E-state index contributed by atoms with van der Waals surface area (Å²) in [6.45, 7) is 2.18. The standard InChI is InChI=1S/C10H13NO/c1-7-2-3-8-6-9(12)4-5-10(8)11-7/h4-7,11-12H,2-3H2,1H3. The molecular weight excluding hydrogens is 150 g/mol. The number of phenolic OH excluding ortho intramolecular Hbond substituents is 1. The molecule has 0 amide bonds. The first-order chi connectivity index (χ1) is 5.75. The van der Waals surface area contributed by atoms with Crippen molar-refractivity contribution in [2.24, 2.45) is 0 Å². The van der Waals surface area contributed by atoms with Crippen molar-refractivity contribution in [3.8, 4) is 5.75 Å². The molecule has 64 valence electrons. The molecule has 2 rings (SSSR count). The zero-order chi connectivity index (χ0) is 8.55. The molecule has 1 atom stereocenters. The second-order valence-electron chi connectivity index (χ2n) is 3.43. The first kappa shape index (κ1) is 7.47.